The topological polar surface area (TPSA) is 56.2 Å². The van der Waals surface area contributed by atoms with Crippen molar-refractivity contribution < 1.29 is 9.53 Å². The van der Waals surface area contributed by atoms with Crippen molar-refractivity contribution in [2.45, 2.75) is 66.3 Å². The molecule has 1 heterocycles. The van der Waals surface area contributed by atoms with Crippen LogP contribution in [0.3, 0.4) is 0 Å². The highest BCUT2D eigenvalue weighted by Gasteiger charge is 2.14. The van der Waals surface area contributed by atoms with Crippen molar-refractivity contribution >= 4 is 16.9 Å². The van der Waals surface area contributed by atoms with Gasteiger partial charge < -0.3 is 14.6 Å². The lowest BCUT2D eigenvalue weighted by Gasteiger charge is -2.13. The molecule has 172 valence electrons. The quantitative estimate of drug-likeness (QED) is 0.376. The summed E-state index contributed by atoms with van der Waals surface area (Å²) in [4.78, 5) is 17.1. The normalized spacial score (nSPS) is 11.3. The van der Waals surface area contributed by atoms with E-state index in [0.29, 0.717) is 13.2 Å². The highest BCUT2D eigenvalue weighted by atomic mass is 16.5. The second kappa shape index (κ2) is 11.7. The third kappa shape index (κ3) is 6.35. The van der Waals surface area contributed by atoms with E-state index in [1.165, 1.54) is 11.1 Å². The molecule has 0 unspecified atom stereocenters. The van der Waals surface area contributed by atoms with Crippen molar-refractivity contribution in [1.29, 1.82) is 0 Å². The molecule has 0 saturated heterocycles. The first-order valence-corrected chi connectivity index (χ1v) is 11.9. The number of fused-ring (bicyclic) bond motifs is 1. The minimum atomic E-state index is 0.122. The zero-order chi connectivity index (χ0) is 22.9. The zero-order valence-electron chi connectivity index (χ0n) is 20.0. The summed E-state index contributed by atoms with van der Waals surface area (Å²) >= 11 is 0. The van der Waals surface area contributed by atoms with Crippen LogP contribution in [0.15, 0.2) is 42.5 Å². The number of hydrogen-bond donors (Lipinski definition) is 1. The van der Waals surface area contributed by atoms with Gasteiger partial charge in [-0.3, -0.25) is 4.79 Å². The summed E-state index contributed by atoms with van der Waals surface area (Å²) in [5.74, 6) is 2.31. The number of benzene rings is 2. The van der Waals surface area contributed by atoms with Crippen LogP contribution in [0.1, 0.15) is 56.5 Å². The monoisotopic (exact) mass is 435 g/mol. The molecule has 0 aliphatic rings. The van der Waals surface area contributed by atoms with Crippen molar-refractivity contribution in [3.8, 4) is 5.75 Å². The molecule has 5 heteroatoms. The van der Waals surface area contributed by atoms with E-state index in [1.54, 1.807) is 0 Å². The van der Waals surface area contributed by atoms with Gasteiger partial charge in [-0.1, -0.05) is 32.0 Å². The number of nitrogens with zero attached hydrogens (tertiary/aromatic N) is 2. The van der Waals surface area contributed by atoms with Crippen molar-refractivity contribution in [3.05, 3.63) is 59.4 Å². The van der Waals surface area contributed by atoms with Crippen LogP contribution in [0.2, 0.25) is 0 Å². The van der Waals surface area contributed by atoms with Crippen molar-refractivity contribution in [1.82, 2.24) is 14.9 Å². The maximum Gasteiger partial charge on any atom is 0.223 e. The molecule has 0 aliphatic heterocycles. The lowest BCUT2D eigenvalue weighted by Crippen LogP contribution is -2.31. The van der Waals surface area contributed by atoms with Crippen LogP contribution in [-0.2, 0) is 17.8 Å². The molecular formula is C27H37N3O2. The second-order valence-corrected chi connectivity index (χ2v) is 8.60. The molecule has 0 bridgehead atoms. The fourth-order valence-corrected chi connectivity index (χ4v) is 4.26. The second-order valence-electron chi connectivity index (χ2n) is 8.60. The highest BCUT2D eigenvalue weighted by Crippen LogP contribution is 2.19. The molecule has 0 spiro atoms. The lowest BCUT2D eigenvalue weighted by atomic mass is 10.0. The van der Waals surface area contributed by atoms with E-state index in [1.807, 2.05) is 6.07 Å². The largest absolute Gasteiger partial charge is 0.494 e. The molecule has 0 aliphatic carbocycles. The maximum absolute atomic E-state index is 12.2. The summed E-state index contributed by atoms with van der Waals surface area (Å²) in [5, 5.41) is 3.09. The Balaban J connectivity index is 1.57. The first kappa shape index (κ1) is 23.8. The number of imidazole rings is 1. The van der Waals surface area contributed by atoms with Gasteiger partial charge in [-0.05, 0) is 74.9 Å². The fraction of sp³-hybridized carbons (Fsp3) is 0.481. The van der Waals surface area contributed by atoms with E-state index in [0.717, 1.165) is 61.3 Å². The number of ether oxygens (including phenoxy) is 1. The molecule has 1 aromatic heterocycles. The first-order valence-electron chi connectivity index (χ1n) is 11.9. The molecule has 2 aromatic carbocycles. The fourth-order valence-electron chi connectivity index (χ4n) is 4.26. The van der Waals surface area contributed by atoms with E-state index < -0.39 is 0 Å². The van der Waals surface area contributed by atoms with E-state index in [-0.39, 0.29) is 11.8 Å². The highest BCUT2D eigenvalue weighted by molar-refractivity contribution is 5.78. The molecule has 1 N–H and O–H groups in total. The number of hydrogen-bond acceptors (Lipinski definition) is 3. The maximum atomic E-state index is 12.2. The molecule has 32 heavy (non-hydrogen) atoms. The summed E-state index contributed by atoms with van der Waals surface area (Å²) in [6.45, 7) is 10.5. The van der Waals surface area contributed by atoms with Gasteiger partial charge in [0, 0.05) is 25.4 Å². The van der Waals surface area contributed by atoms with Gasteiger partial charge in [-0.2, -0.15) is 0 Å². The number of aryl methyl sites for hydroxylation is 4. The van der Waals surface area contributed by atoms with E-state index in [9.17, 15) is 4.79 Å². The SMILES string of the molecule is CCC(CC)C(=O)NCCCc1nc2ccccc2n1CCCOc1cc(C)cc(C)c1. The molecule has 3 aromatic rings. The molecule has 0 atom stereocenters. The number of carbonyl (C=O) groups is 1. The van der Waals surface area contributed by atoms with Gasteiger partial charge in [-0.15, -0.1) is 0 Å². The van der Waals surface area contributed by atoms with E-state index in [2.05, 4.69) is 74.0 Å². The van der Waals surface area contributed by atoms with Crippen LogP contribution in [0.5, 0.6) is 5.75 Å². The molecular weight excluding hydrogens is 398 g/mol. The molecule has 0 saturated carbocycles. The van der Waals surface area contributed by atoms with Crippen molar-refractivity contribution in [2.24, 2.45) is 5.92 Å². The van der Waals surface area contributed by atoms with Crippen molar-refractivity contribution in [3.63, 3.8) is 0 Å². The number of amides is 1. The average molecular weight is 436 g/mol. The Labute approximate surface area is 192 Å². The Bertz CT molecular complexity index is 1000. The van der Waals surface area contributed by atoms with Gasteiger partial charge in [0.05, 0.1) is 17.6 Å². The Kier molecular flexibility index (Phi) is 8.72. The molecule has 3 rings (SSSR count). The summed E-state index contributed by atoms with van der Waals surface area (Å²) in [7, 11) is 0. The minimum absolute atomic E-state index is 0.122. The van der Waals surface area contributed by atoms with Crippen LogP contribution in [-0.4, -0.2) is 28.6 Å². The standard InChI is InChI=1S/C27H37N3O2/c1-5-22(6-2)27(31)28-14-9-13-26-29-24-11-7-8-12-25(24)30(26)15-10-16-32-23-18-20(3)17-21(4)19-23/h7-8,11-12,17-19,22H,5-6,9-10,13-16H2,1-4H3,(H,28,31). The van der Waals surface area contributed by atoms with E-state index in [4.69, 9.17) is 9.72 Å². The molecule has 5 nitrogen and oxygen atoms in total. The Morgan fingerprint density at radius 3 is 2.50 bits per heavy atom. The number of rotatable bonds is 12. The van der Waals surface area contributed by atoms with Crippen LogP contribution in [0.25, 0.3) is 11.0 Å². The summed E-state index contributed by atoms with van der Waals surface area (Å²) in [5.41, 5.74) is 4.63. The average Bonchev–Trinajstić information content (AvgIpc) is 3.12. The number of aromatic nitrogens is 2. The Morgan fingerprint density at radius 1 is 1.06 bits per heavy atom. The third-order valence-electron chi connectivity index (χ3n) is 5.96. The Hall–Kier alpha value is -2.82. The molecule has 1 amide bonds. The van der Waals surface area contributed by atoms with Crippen LogP contribution in [0, 0.1) is 19.8 Å². The van der Waals surface area contributed by atoms with Gasteiger partial charge in [-0.25, -0.2) is 4.98 Å². The van der Waals surface area contributed by atoms with Crippen LogP contribution in [0.4, 0.5) is 0 Å². The number of carbonyl (C=O) groups excluding carboxylic acids is 1. The summed E-state index contributed by atoms with van der Waals surface area (Å²) < 4.78 is 8.31. The molecule has 0 fully saturated rings. The molecule has 0 radical (unpaired) electrons. The van der Waals surface area contributed by atoms with Gasteiger partial charge in [0.2, 0.25) is 5.91 Å². The van der Waals surface area contributed by atoms with Gasteiger partial charge in [0.1, 0.15) is 11.6 Å². The predicted octanol–water partition coefficient (Wildman–Crippen LogP) is 5.61. The number of para-hydroxylation sites is 2. The van der Waals surface area contributed by atoms with Gasteiger partial charge in [0.25, 0.3) is 0 Å². The smallest absolute Gasteiger partial charge is 0.223 e. The predicted molar refractivity (Wildman–Crippen MR) is 131 cm³/mol. The number of nitrogens with one attached hydrogen (secondary N) is 1. The van der Waals surface area contributed by atoms with Crippen molar-refractivity contribution in [2.75, 3.05) is 13.2 Å². The third-order valence-corrected chi connectivity index (χ3v) is 5.96. The zero-order valence-corrected chi connectivity index (χ0v) is 20.0. The summed E-state index contributed by atoms with van der Waals surface area (Å²) in [6, 6.07) is 14.6. The Morgan fingerprint density at radius 2 is 1.78 bits per heavy atom. The van der Waals surface area contributed by atoms with Crippen LogP contribution >= 0.6 is 0 Å². The van der Waals surface area contributed by atoms with E-state index >= 15 is 0 Å². The van der Waals surface area contributed by atoms with Gasteiger partial charge in [0.15, 0.2) is 0 Å². The van der Waals surface area contributed by atoms with Gasteiger partial charge >= 0.3 is 0 Å². The lowest BCUT2D eigenvalue weighted by molar-refractivity contribution is -0.125. The summed E-state index contributed by atoms with van der Waals surface area (Å²) in [6.07, 6.45) is 4.42. The minimum Gasteiger partial charge on any atom is -0.494 e. The van der Waals surface area contributed by atoms with Crippen LogP contribution < -0.4 is 10.1 Å². The first-order chi connectivity index (χ1) is 15.5.